The summed E-state index contributed by atoms with van der Waals surface area (Å²) in [6.45, 7) is 0. The Morgan fingerprint density at radius 3 is 2.52 bits per heavy atom. The molecular formula is C21H17O2-. The highest BCUT2D eigenvalue weighted by Gasteiger charge is 2.20. The first kappa shape index (κ1) is 13.9. The van der Waals surface area contributed by atoms with Crippen LogP contribution in [0.3, 0.4) is 0 Å². The second kappa shape index (κ2) is 5.47. The topological polar surface area (TPSA) is 32.3 Å². The Balaban J connectivity index is 2.09. The minimum atomic E-state index is 0.193. The smallest absolute Gasteiger partial charge is 0.127 e. The first-order chi connectivity index (χ1) is 11.3. The molecule has 1 aliphatic carbocycles. The predicted octanol–water partition coefficient (Wildman–Crippen LogP) is 3.91. The van der Waals surface area contributed by atoms with Crippen molar-refractivity contribution in [3.05, 3.63) is 83.1 Å². The lowest BCUT2D eigenvalue weighted by molar-refractivity contribution is -0.305. The van der Waals surface area contributed by atoms with E-state index in [2.05, 4.69) is 18.2 Å². The van der Waals surface area contributed by atoms with Gasteiger partial charge in [-0.05, 0) is 46.4 Å². The number of benzene rings is 3. The molecule has 23 heavy (non-hydrogen) atoms. The summed E-state index contributed by atoms with van der Waals surface area (Å²) in [5, 5.41) is 15.0. The first-order valence-corrected chi connectivity index (χ1v) is 7.84. The molecule has 0 atom stereocenters. The van der Waals surface area contributed by atoms with Crippen molar-refractivity contribution in [2.75, 3.05) is 7.11 Å². The van der Waals surface area contributed by atoms with Crippen LogP contribution < -0.4 is 9.84 Å². The van der Waals surface area contributed by atoms with E-state index in [-0.39, 0.29) is 5.76 Å². The molecule has 4 rings (SSSR count). The molecular weight excluding hydrogens is 284 g/mol. The SMILES string of the molecule is COc1ccc2ccccc2c1C1=C([O-])CCc2ccccc21. The molecule has 2 nitrogen and oxygen atoms in total. The van der Waals surface area contributed by atoms with Gasteiger partial charge in [0.15, 0.2) is 0 Å². The van der Waals surface area contributed by atoms with E-state index in [0.29, 0.717) is 6.42 Å². The zero-order valence-corrected chi connectivity index (χ0v) is 13.0. The Labute approximate surface area is 135 Å². The molecule has 114 valence electrons. The number of hydrogen-bond donors (Lipinski definition) is 0. The molecule has 0 unspecified atom stereocenters. The fraction of sp³-hybridized carbons (Fsp3) is 0.143. The van der Waals surface area contributed by atoms with Crippen LogP contribution in [0.2, 0.25) is 0 Å². The predicted molar refractivity (Wildman–Crippen MR) is 91.3 cm³/mol. The van der Waals surface area contributed by atoms with Gasteiger partial charge in [0.2, 0.25) is 0 Å². The number of hydrogen-bond acceptors (Lipinski definition) is 2. The molecule has 0 spiro atoms. The summed E-state index contributed by atoms with van der Waals surface area (Å²) in [6, 6.07) is 20.3. The van der Waals surface area contributed by atoms with Gasteiger partial charge in [-0.25, -0.2) is 0 Å². The second-order valence-corrected chi connectivity index (χ2v) is 5.82. The molecule has 0 aliphatic heterocycles. The fourth-order valence-corrected chi connectivity index (χ4v) is 3.46. The Morgan fingerprint density at radius 2 is 1.65 bits per heavy atom. The van der Waals surface area contributed by atoms with Crippen molar-refractivity contribution in [1.82, 2.24) is 0 Å². The molecule has 0 radical (unpaired) electrons. The summed E-state index contributed by atoms with van der Waals surface area (Å²) in [4.78, 5) is 0. The average molecular weight is 301 g/mol. The number of allylic oxidation sites excluding steroid dienone is 1. The van der Waals surface area contributed by atoms with Gasteiger partial charge >= 0.3 is 0 Å². The zero-order chi connectivity index (χ0) is 15.8. The number of methoxy groups -OCH3 is 1. The zero-order valence-electron chi connectivity index (χ0n) is 13.0. The van der Waals surface area contributed by atoms with Gasteiger partial charge in [0.25, 0.3) is 0 Å². The number of aryl methyl sites for hydroxylation is 1. The van der Waals surface area contributed by atoms with Crippen LogP contribution in [0.25, 0.3) is 16.3 Å². The Bertz CT molecular complexity index is 922. The lowest BCUT2D eigenvalue weighted by Gasteiger charge is -2.29. The van der Waals surface area contributed by atoms with Crippen molar-refractivity contribution < 1.29 is 9.84 Å². The van der Waals surface area contributed by atoms with Crippen LogP contribution in [0.5, 0.6) is 5.75 Å². The van der Waals surface area contributed by atoms with E-state index in [0.717, 1.165) is 39.6 Å². The molecule has 1 aliphatic rings. The van der Waals surface area contributed by atoms with Gasteiger partial charge in [0.05, 0.1) is 7.11 Å². The summed E-state index contributed by atoms with van der Waals surface area (Å²) in [5.74, 6) is 0.946. The molecule has 0 saturated carbocycles. The molecule has 3 aromatic rings. The maximum absolute atomic E-state index is 12.8. The lowest BCUT2D eigenvalue weighted by atomic mass is 9.83. The van der Waals surface area contributed by atoms with Crippen LogP contribution in [-0.2, 0) is 6.42 Å². The van der Waals surface area contributed by atoms with Crippen LogP contribution in [0.15, 0.2) is 66.4 Å². The third-order valence-corrected chi connectivity index (χ3v) is 4.55. The maximum Gasteiger partial charge on any atom is 0.127 e. The van der Waals surface area contributed by atoms with Crippen LogP contribution >= 0.6 is 0 Å². The molecule has 0 heterocycles. The highest BCUT2D eigenvalue weighted by molar-refractivity contribution is 6.01. The van der Waals surface area contributed by atoms with Gasteiger partial charge in [-0.15, -0.1) is 5.76 Å². The largest absolute Gasteiger partial charge is 0.875 e. The first-order valence-electron chi connectivity index (χ1n) is 7.84. The average Bonchev–Trinajstić information content (AvgIpc) is 2.61. The van der Waals surface area contributed by atoms with E-state index in [9.17, 15) is 5.11 Å². The standard InChI is InChI=1S/C21H18O2/c1-23-19-13-11-15-7-3-5-9-17(15)21(19)20-16-8-4-2-6-14(16)10-12-18(20)22/h2-9,11,13,22H,10,12H2,1H3/p-1. The summed E-state index contributed by atoms with van der Waals surface area (Å²) in [5.41, 5.74) is 3.98. The highest BCUT2D eigenvalue weighted by Crippen LogP contribution is 2.41. The monoisotopic (exact) mass is 301 g/mol. The van der Waals surface area contributed by atoms with Crippen molar-refractivity contribution in [3.63, 3.8) is 0 Å². The lowest BCUT2D eigenvalue weighted by Crippen LogP contribution is -2.15. The third-order valence-electron chi connectivity index (χ3n) is 4.55. The van der Waals surface area contributed by atoms with Crippen molar-refractivity contribution in [3.8, 4) is 5.75 Å². The summed E-state index contributed by atoms with van der Waals surface area (Å²) in [6.07, 6.45) is 1.37. The van der Waals surface area contributed by atoms with E-state index in [1.807, 2.05) is 42.5 Å². The highest BCUT2D eigenvalue weighted by atomic mass is 16.5. The van der Waals surface area contributed by atoms with Gasteiger partial charge < -0.3 is 9.84 Å². The van der Waals surface area contributed by atoms with E-state index in [1.165, 1.54) is 5.56 Å². The normalized spacial score (nSPS) is 14.0. The molecule has 0 saturated heterocycles. The van der Waals surface area contributed by atoms with Crippen molar-refractivity contribution in [1.29, 1.82) is 0 Å². The van der Waals surface area contributed by atoms with Crippen LogP contribution in [-0.4, -0.2) is 7.11 Å². The minimum absolute atomic E-state index is 0.193. The van der Waals surface area contributed by atoms with E-state index in [1.54, 1.807) is 7.11 Å². The second-order valence-electron chi connectivity index (χ2n) is 5.82. The van der Waals surface area contributed by atoms with Gasteiger partial charge in [-0.2, -0.15) is 0 Å². The molecule has 0 amide bonds. The molecule has 3 aromatic carbocycles. The summed E-state index contributed by atoms with van der Waals surface area (Å²) < 4.78 is 5.60. The Hall–Kier alpha value is -2.74. The molecule has 0 aromatic heterocycles. The fourth-order valence-electron chi connectivity index (χ4n) is 3.46. The third kappa shape index (κ3) is 2.18. The minimum Gasteiger partial charge on any atom is -0.875 e. The maximum atomic E-state index is 12.8. The van der Waals surface area contributed by atoms with Gasteiger partial charge in [-0.1, -0.05) is 54.6 Å². The van der Waals surface area contributed by atoms with Gasteiger partial charge in [0.1, 0.15) is 5.75 Å². The van der Waals surface area contributed by atoms with Crippen molar-refractivity contribution in [2.45, 2.75) is 12.8 Å². The van der Waals surface area contributed by atoms with Crippen LogP contribution in [0, 0.1) is 0 Å². The number of fused-ring (bicyclic) bond motifs is 2. The van der Waals surface area contributed by atoms with Crippen LogP contribution in [0.4, 0.5) is 0 Å². The summed E-state index contributed by atoms with van der Waals surface area (Å²) >= 11 is 0. The quantitative estimate of drug-likeness (QED) is 0.718. The Morgan fingerprint density at radius 1 is 0.870 bits per heavy atom. The van der Waals surface area contributed by atoms with Gasteiger partial charge in [0, 0.05) is 5.56 Å². The van der Waals surface area contributed by atoms with E-state index >= 15 is 0 Å². The molecule has 0 N–H and O–H groups in total. The van der Waals surface area contributed by atoms with Gasteiger partial charge in [-0.3, -0.25) is 0 Å². The van der Waals surface area contributed by atoms with Crippen molar-refractivity contribution in [2.24, 2.45) is 0 Å². The Kier molecular flexibility index (Phi) is 3.30. The number of ether oxygens (including phenoxy) is 1. The summed E-state index contributed by atoms with van der Waals surface area (Å²) in [7, 11) is 1.66. The van der Waals surface area contributed by atoms with E-state index in [4.69, 9.17) is 4.74 Å². The van der Waals surface area contributed by atoms with Crippen LogP contribution in [0.1, 0.15) is 23.1 Å². The van der Waals surface area contributed by atoms with Crippen molar-refractivity contribution >= 4 is 16.3 Å². The number of rotatable bonds is 2. The van der Waals surface area contributed by atoms with E-state index < -0.39 is 0 Å². The molecule has 0 fully saturated rings. The molecule has 0 bridgehead atoms. The molecule has 2 heteroatoms.